The predicted octanol–water partition coefficient (Wildman–Crippen LogP) is 1.85. The summed E-state index contributed by atoms with van der Waals surface area (Å²) in [7, 11) is 0. The highest BCUT2D eigenvalue weighted by molar-refractivity contribution is 6.06. The van der Waals surface area contributed by atoms with Crippen molar-refractivity contribution in [3.63, 3.8) is 0 Å². The summed E-state index contributed by atoms with van der Waals surface area (Å²) in [5.74, 6) is -0.504. The van der Waals surface area contributed by atoms with E-state index < -0.39 is 0 Å². The molecule has 0 aliphatic carbocycles. The molecule has 106 valence electrons. The Morgan fingerprint density at radius 3 is 2.65 bits per heavy atom. The van der Waals surface area contributed by atoms with E-state index in [0.717, 1.165) is 0 Å². The summed E-state index contributed by atoms with van der Waals surface area (Å²) in [6.45, 7) is 2.74. The Morgan fingerprint density at radius 2 is 2.10 bits per heavy atom. The number of aromatic amines is 1. The molecular weight excluding hydrogens is 259 g/mol. The van der Waals surface area contributed by atoms with Gasteiger partial charge in [-0.3, -0.25) is 9.89 Å². The van der Waals surface area contributed by atoms with Gasteiger partial charge in [-0.1, -0.05) is 0 Å². The summed E-state index contributed by atoms with van der Waals surface area (Å²) in [5, 5.41) is 6.59. The van der Waals surface area contributed by atoms with Crippen LogP contribution in [-0.4, -0.2) is 29.2 Å². The van der Waals surface area contributed by atoms with Crippen LogP contribution in [0.1, 0.15) is 22.5 Å². The van der Waals surface area contributed by atoms with Crippen LogP contribution in [0.25, 0.3) is 0 Å². The first kappa shape index (κ1) is 14.2. The van der Waals surface area contributed by atoms with Crippen LogP contribution in [0.5, 0.6) is 0 Å². The lowest BCUT2D eigenvalue weighted by atomic mass is 10.2. The second kappa shape index (κ2) is 6.29. The standard InChI is InChI=1S/C14H17FN4O/c1-10-13(9-17-18-10)14(20)19(8-2-7-16)12-5-3-11(15)4-6-12/h3-6,9H,2,7-8,16H2,1H3,(H,17,18). The fourth-order valence-corrected chi connectivity index (χ4v) is 1.93. The number of aromatic nitrogens is 2. The summed E-state index contributed by atoms with van der Waals surface area (Å²) < 4.78 is 13.0. The van der Waals surface area contributed by atoms with E-state index in [1.54, 1.807) is 24.0 Å². The van der Waals surface area contributed by atoms with E-state index in [0.29, 0.717) is 36.5 Å². The summed E-state index contributed by atoms with van der Waals surface area (Å²) in [6.07, 6.45) is 2.16. The zero-order valence-electron chi connectivity index (χ0n) is 11.3. The van der Waals surface area contributed by atoms with Crippen LogP contribution in [0.4, 0.5) is 10.1 Å². The van der Waals surface area contributed by atoms with Crippen molar-refractivity contribution in [1.29, 1.82) is 0 Å². The normalized spacial score (nSPS) is 10.6. The lowest BCUT2D eigenvalue weighted by molar-refractivity contribution is 0.0986. The van der Waals surface area contributed by atoms with Gasteiger partial charge in [-0.25, -0.2) is 4.39 Å². The Morgan fingerprint density at radius 1 is 1.40 bits per heavy atom. The van der Waals surface area contributed by atoms with Gasteiger partial charge in [0.05, 0.1) is 11.8 Å². The SMILES string of the molecule is Cc1[nH]ncc1C(=O)N(CCCN)c1ccc(F)cc1. The van der Waals surface area contributed by atoms with E-state index in [4.69, 9.17) is 5.73 Å². The third-order valence-electron chi connectivity index (χ3n) is 3.03. The summed E-state index contributed by atoms with van der Waals surface area (Å²) >= 11 is 0. The highest BCUT2D eigenvalue weighted by atomic mass is 19.1. The number of hydrogen-bond acceptors (Lipinski definition) is 3. The van der Waals surface area contributed by atoms with Crippen molar-refractivity contribution in [3.05, 3.63) is 47.5 Å². The van der Waals surface area contributed by atoms with E-state index >= 15 is 0 Å². The number of carbonyl (C=O) groups excluding carboxylic acids is 1. The molecule has 2 rings (SSSR count). The molecule has 0 aliphatic heterocycles. The van der Waals surface area contributed by atoms with Gasteiger partial charge in [-0.2, -0.15) is 5.10 Å². The first-order valence-corrected chi connectivity index (χ1v) is 6.41. The van der Waals surface area contributed by atoms with Crippen LogP contribution in [0.15, 0.2) is 30.5 Å². The van der Waals surface area contributed by atoms with Crippen molar-refractivity contribution >= 4 is 11.6 Å². The molecule has 1 amide bonds. The number of nitrogens with two attached hydrogens (primary N) is 1. The molecule has 6 heteroatoms. The smallest absolute Gasteiger partial charge is 0.261 e. The van der Waals surface area contributed by atoms with Crippen molar-refractivity contribution in [1.82, 2.24) is 10.2 Å². The summed E-state index contributed by atoms with van der Waals surface area (Å²) in [6, 6.07) is 5.83. The minimum absolute atomic E-state index is 0.170. The number of hydrogen-bond donors (Lipinski definition) is 2. The van der Waals surface area contributed by atoms with E-state index in [9.17, 15) is 9.18 Å². The number of nitrogens with zero attached hydrogens (tertiary/aromatic N) is 2. The van der Waals surface area contributed by atoms with Crippen molar-refractivity contribution in [2.45, 2.75) is 13.3 Å². The molecule has 0 aliphatic rings. The molecule has 1 heterocycles. The number of halogens is 1. The van der Waals surface area contributed by atoms with Gasteiger partial charge in [0.25, 0.3) is 5.91 Å². The Hall–Kier alpha value is -2.21. The number of carbonyl (C=O) groups is 1. The molecule has 0 bridgehead atoms. The maximum atomic E-state index is 13.0. The largest absolute Gasteiger partial charge is 0.330 e. The number of anilines is 1. The molecule has 0 saturated heterocycles. The maximum absolute atomic E-state index is 13.0. The van der Waals surface area contributed by atoms with E-state index in [1.807, 2.05) is 0 Å². The number of benzene rings is 1. The van der Waals surface area contributed by atoms with Gasteiger partial charge in [0.2, 0.25) is 0 Å². The average Bonchev–Trinajstić information content (AvgIpc) is 2.87. The van der Waals surface area contributed by atoms with Crippen LogP contribution in [-0.2, 0) is 0 Å². The zero-order valence-corrected chi connectivity index (χ0v) is 11.3. The van der Waals surface area contributed by atoms with Crippen LogP contribution in [0.3, 0.4) is 0 Å². The fourth-order valence-electron chi connectivity index (χ4n) is 1.93. The third-order valence-corrected chi connectivity index (χ3v) is 3.03. The minimum atomic E-state index is -0.334. The van der Waals surface area contributed by atoms with Crippen molar-refractivity contribution < 1.29 is 9.18 Å². The molecule has 0 unspecified atom stereocenters. The quantitative estimate of drug-likeness (QED) is 0.875. The van der Waals surface area contributed by atoms with Gasteiger partial charge in [-0.15, -0.1) is 0 Å². The van der Waals surface area contributed by atoms with Gasteiger partial charge in [-0.05, 0) is 44.2 Å². The highest BCUT2D eigenvalue weighted by Crippen LogP contribution is 2.19. The Labute approximate surface area is 116 Å². The van der Waals surface area contributed by atoms with E-state index in [2.05, 4.69) is 10.2 Å². The lowest BCUT2D eigenvalue weighted by Crippen LogP contribution is -2.33. The fraction of sp³-hybridized carbons (Fsp3) is 0.286. The molecule has 0 radical (unpaired) electrons. The molecular formula is C14H17FN4O. The number of rotatable bonds is 5. The van der Waals surface area contributed by atoms with Crippen LogP contribution >= 0.6 is 0 Å². The van der Waals surface area contributed by atoms with Crippen molar-refractivity contribution in [2.75, 3.05) is 18.0 Å². The monoisotopic (exact) mass is 276 g/mol. The van der Waals surface area contributed by atoms with E-state index in [1.165, 1.54) is 18.3 Å². The minimum Gasteiger partial charge on any atom is -0.330 e. The second-order valence-electron chi connectivity index (χ2n) is 4.48. The zero-order chi connectivity index (χ0) is 14.5. The molecule has 1 aromatic carbocycles. The molecule has 1 aromatic heterocycles. The highest BCUT2D eigenvalue weighted by Gasteiger charge is 2.20. The van der Waals surface area contributed by atoms with Crippen LogP contribution < -0.4 is 10.6 Å². The molecule has 20 heavy (non-hydrogen) atoms. The van der Waals surface area contributed by atoms with Gasteiger partial charge in [0.15, 0.2) is 0 Å². The number of aryl methyl sites for hydroxylation is 1. The maximum Gasteiger partial charge on any atom is 0.261 e. The van der Waals surface area contributed by atoms with Crippen LogP contribution in [0, 0.1) is 12.7 Å². The first-order chi connectivity index (χ1) is 9.63. The molecule has 2 aromatic rings. The van der Waals surface area contributed by atoms with Gasteiger partial charge < -0.3 is 10.6 Å². The number of nitrogens with one attached hydrogen (secondary N) is 1. The van der Waals surface area contributed by atoms with Crippen molar-refractivity contribution in [3.8, 4) is 0 Å². The van der Waals surface area contributed by atoms with Gasteiger partial charge in [0.1, 0.15) is 5.82 Å². The Balaban J connectivity index is 2.30. The molecule has 3 N–H and O–H groups in total. The van der Waals surface area contributed by atoms with E-state index in [-0.39, 0.29) is 11.7 Å². The Bertz CT molecular complexity index is 579. The first-order valence-electron chi connectivity index (χ1n) is 6.41. The topological polar surface area (TPSA) is 75.0 Å². The number of amides is 1. The molecule has 0 fully saturated rings. The van der Waals surface area contributed by atoms with Gasteiger partial charge in [0, 0.05) is 17.9 Å². The number of H-pyrrole nitrogens is 1. The Kier molecular flexibility index (Phi) is 4.47. The van der Waals surface area contributed by atoms with Crippen molar-refractivity contribution in [2.24, 2.45) is 5.73 Å². The molecule has 0 saturated carbocycles. The lowest BCUT2D eigenvalue weighted by Gasteiger charge is -2.22. The van der Waals surface area contributed by atoms with Gasteiger partial charge >= 0.3 is 0 Å². The van der Waals surface area contributed by atoms with Crippen LogP contribution in [0.2, 0.25) is 0 Å². The summed E-state index contributed by atoms with van der Waals surface area (Å²) in [5.41, 5.74) is 7.36. The molecule has 0 spiro atoms. The second-order valence-corrected chi connectivity index (χ2v) is 4.48. The third kappa shape index (κ3) is 3.03. The summed E-state index contributed by atoms with van der Waals surface area (Å²) in [4.78, 5) is 14.1. The molecule has 5 nitrogen and oxygen atoms in total. The average molecular weight is 276 g/mol. The predicted molar refractivity (Wildman–Crippen MR) is 75.1 cm³/mol. The molecule has 0 atom stereocenters.